The number of nitrogens with zero attached hydrogens (tertiary/aromatic N) is 1. The van der Waals surface area contributed by atoms with Gasteiger partial charge >= 0.3 is 0 Å². The summed E-state index contributed by atoms with van der Waals surface area (Å²) in [5.41, 5.74) is 2.70. The first-order valence-corrected chi connectivity index (χ1v) is 7.24. The molecule has 1 aliphatic carbocycles. The summed E-state index contributed by atoms with van der Waals surface area (Å²) in [5, 5.41) is 0. The van der Waals surface area contributed by atoms with Crippen molar-refractivity contribution in [2.45, 2.75) is 43.5 Å². The van der Waals surface area contributed by atoms with E-state index in [9.17, 15) is 4.79 Å². The lowest BCUT2D eigenvalue weighted by Gasteiger charge is -2.16. The summed E-state index contributed by atoms with van der Waals surface area (Å²) < 4.78 is 3.50. The van der Waals surface area contributed by atoms with Crippen molar-refractivity contribution in [1.82, 2.24) is 4.72 Å². The number of benzene rings is 1. The maximum Gasteiger partial charge on any atom is 0.223 e. The Morgan fingerprint density at radius 2 is 2.22 bits per heavy atom. The summed E-state index contributed by atoms with van der Waals surface area (Å²) in [6.07, 6.45) is 3.49. The van der Waals surface area contributed by atoms with Gasteiger partial charge in [0.25, 0.3) is 0 Å². The zero-order valence-electron chi connectivity index (χ0n) is 10.8. The van der Waals surface area contributed by atoms with Gasteiger partial charge in [-0.05, 0) is 55.8 Å². The molecule has 1 saturated carbocycles. The third kappa shape index (κ3) is 2.27. The summed E-state index contributed by atoms with van der Waals surface area (Å²) in [5.74, 6) is 0.137. The molecule has 0 saturated heterocycles. The molecular weight excluding hydrogens is 244 g/mol. The van der Waals surface area contributed by atoms with E-state index < -0.39 is 0 Å². The lowest BCUT2D eigenvalue weighted by Crippen LogP contribution is -2.25. The fourth-order valence-electron chi connectivity index (χ4n) is 2.22. The molecule has 96 valence electrons. The average Bonchev–Trinajstić information content (AvgIpc) is 2.92. The van der Waals surface area contributed by atoms with Gasteiger partial charge in [0.1, 0.15) is 0 Å². The lowest BCUT2D eigenvalue weighted by atomic mass is 10.2. The first-order valence-electron chi connectivity index (χ1n) is 6.42. The van der Waals surface area contributed by atoms with Crippen molar-refractivity contribution >= 4 is 23.5 Å². The zero-order valence-corrected chi connectivity index (χ0v) is 11.6. The van der Waals surface area contributed by atoms with E-state index in [2.05, 4.69) is 29.8 Å². The molecule has 0 aromatic heterocycles. The third-order valence-corrected chi connectivity index (χ3v) is 4.83. The van der Waals surface area contributed by atoms with Crippen LogP contribution >= 0.6 is 11.9 Å². The minimum Gasteiger partial charge on any atom is -0.312 e. The number of rotatable bonds is 3. The summed E-state index contributed by atoms with van der Waals surface area (Å²) >= 11 is 1.68. The Balaban J connectivity index is 1.77. The number of carbonyl (C=O) groups is 1. The molecule has 2 aliphatic rings. The number of hydrogen-bond donors (Lipinski definition) is 1. The van der Waals surface area contributed by atoms with Gasteiger partial charge in [0.05, 0.1) is 0 Å². The van der Waals surface area contributed by atoms with E-state index in [1.807, 2.05) is 4.90 Å². The van der Waals surface area contributed by atoms with E-state index in [0.717, 1.165) is 18.7 Å². The van der Waals surface area contributed by atoms with Gasteiger partial charge in [-0.1, -0.05) is 6.07 Å². The van der Waals surface area contributed by atoms with Crippen LogP contribution in [-0.4, -0.2) is 18.0 Å². The molecule has 1 aliphatic heterocycles. The standard InChI is InChI=1S/C14H18N2OS/c1-10(17)16-8-5-11-3-4-12(9-13(11)16)18-15-14(2)6-7-14/h3-4,9,15H,5-8H2,1-2H3. The fourth-order valence-corrected chi connectivity index (χ4v) is 3.10. The number of carbonyl (C=O) groups excluding carboxylic acids is 1. The Kier molecular flexibility index (Phi) is 2.87. The fraction of sp³-hybridized carbons (Fsp3) is 0.500. The van der Waals surface area contributed by atoms with Crippen LogP contribution in [0.2, 0.25) is 0 Å². The highest BCUT2D eigenvalue weighted by molar-refractivity contribution is 7.97. The lowest BCUT2D eigenvalue weighted by molar-refractivity contribution is -0.116. The van der Waals surface area contributed by atoms with Crippen LogP contribution < -0.4 is 9.62 Å². The van der Waals surface area contributed by atoms with Gasteiger partial charge < -0.3 is 4.90 Å². The SMILES string of the molecule is CC(=O)N1CCc2ccc(SNC3(C)CC3)cc21. The molecule has 3 rings (SSSR count). The molecule has 0 bridgehead atoms. The van der Waals surface area contributed by atoms with E-state index in [1.165, 1.54) is 23.3 Å². The van der Waals surface area contributed by atoms with E-state index in [4.69, 9.17) is 0 Å². The molecule has 0 radical (unpaired) electrons. The van der Waals surface area contributed by atoms with Gasteiger partial charge in [0.15, 0.2) is 0 Å². The topological polar surface area (TPSA) is 32.3 Å². The van der Waals surface area contributed by atoms with Crippen molar-refractivity contribution in [1.29, 1.82) is 0 Å². The third-order valence-electron chi connectivity index (χ3n) is 3.75. The molecule has 1 aromatic carbocycles. The van der Waals surface area contributed by atoms with E-state index in [0.29, 0.717) is 5.54 Å². The number of fused-ring (bicyclic) bond motifs is 1. The minimum absolute atomic E-state index is 0.137. The minimum atomic E-state index is 0.137. The van der Waals surface area contributed by atoms with Crippen LogP contribution in [0.5, 0.6) is 0 Å². The van der Waals surface area contributed by atoms with Crippen LogP contribution in [0.15, 0.2) is 23.1 Å². The zero-order chi connectivity index (χ0) is 12.8. The molecule has 1 aromatic rings. The molecular formula is C14H18N2OS. The second kappa shape index (κ2) is 4.28. The smallest absolute Gasteiger partial charge is 0.223 e. The van der Waals surface area contributed by atoms with Crippen LogP contribution in [0, 0.1) is 0 Å². The highest BCUT2D eigenvalue weighted by Crippen LogP contribution is 2.38. The molecule has 0 spiro atoms. The number of hydrogen-bond acceptors (Lipinski definition) is 3. The molecule has 1 fully saturated rings. The van der Waals surface area contributed by atoms with Gasteiger partial charge in [-0.2, -0.15) is 0 Å². The Hall–Kier alpha value is -1.00. The van der Waals surface area contributed by atoms with E-state index in [1.54, 1.807) is 18.9 Å². The predicted molar refractivity (Wildman–Crippen MR) is 74.8 cm³/mol. The Bertz CT molecular complexity index is 497. The van der Waals surface area contributed by atoms with Crippen molar-refractivity contribution in [3.05, 3.63) is 23.8 Å². The molecule has 1 amide bonds. The second-order valence-electron chi connectivity index (χ2n) is 5.48. The summed E-state index contributed by atoms with van der Waals surface area (Å²) in [6, 6.07) is 6.43. The van der Waals surface area contributed by atoms with Crippen molar-refractivity contribution < 1.29 is 4.79 Å². The molecule has 1 N–H and O–H groups in total. The Morgan fingerprint density at radius 3 is 2.89 bits per heavy atom. The van der Waals surface area contributed by atoms with Crippen LogP contribution in [0.1, 0.15) is 32.3 Å². The normalized spacial score (nSPS) is 19.8. The largest absolute Gasteiger partial charge is 0.312 e. The van der Waals surface area contributed by atoms with Crippen molar-refractivity contribution in [3.8, 4) is 0 Å². The number of nitrogens with one attached hydrogen (secondary N) is 1. The van der Waals surface area contributed by atoms with Crippen LogP contribution in [0.4, 0.5) is 5.69 Å². The molecule has 18 heavy (non-hydrogen) atoms. The molecule has 1 heterocycles. The highest BCUT2D eigenvalue weighted by Gasteiger charge is 2.37. The second-order valence-corrected chi connectivity index (χ2v) is 6.36. The predicted octanol–water partition coefficient (Wildman–Crippen LogP) is 2.74. The highest BCUT2D eigenvalue weighted by atomic mass is 32.2. The van der Waals surface area contributed by atoms with Gasteiger partial charge in [-0.15, -0.1) is 0 Å². The van der Waals surface area contributed by atoms with Gasteiger partial charge in [-0.25, -0.2) is 0 Å². The first-order chi connectivity index (χ1) is 8.57. The van der Waals surface area contributed by atoms with E-state index >= 15 is 0 Å². The number of amides is 1. The first kappa shape index (κ1) is 12.1. The molecule has 4 heteroatoms. The summed E-state index contributed by atoms with van der Waals surface area (Å²) in [7, 11) is 0. The Labute approximate surface area is 112 Å². The van der Waals surface area contributed by atoms with E-state index in [-0.39, 0.29) is 5.91 Å². The maximum absolute atomic E-state index is 11.6. The van der Waals surface area contributed by atoms with Gasteiger partial charge in [-0.3, -0.25) is 9.52 Å². The van der Waals surface area contributed by atoms with Crippen molar-refractivity contribution in [3.63, 3.8) is 0 Å². The maximum atomic E-state index is 11.6. The average molecular weight is 262 g/mol. The molecule has 3 nitrogen and oxygen atoms in total. The summed E-state index contributed by atoms with van der Waals surface area (Å²) in [4.78, 5) is 14.6. The van der Waals surface area contributed by atoms with Crippen molar-refractivity contribution in [2.24, 2.45) is 0 Å². The molecule has 0 atom stereocenters. The monoisotopic (exact) mass is 262 g/mol. The van der Waals surface area contributed by atoms with Gasteiger partial charge in [0, 0.05) is 29.6 Å². The molecule has 0 unspecified atom stereocenters. The van der Waals surface area contributed by atoms with Crippen LogP contribution in [0.3, 0.4) is 0 Å². The van der Waals surface area contributed by atoms with Crippen molar-refractivity contribution in [2.75, 3.05) is 11.4 Å². The van der Waals surface area contributed by atoms with Crippen LogP contribution in [-0.2, 0) is 11.2 Å². The Morgan fingerprint density at radius 1 is 1.44 bits per heavy atom. The number of anilines is 1. The van der Waals surface area contributed by atoms with Crippen LogP contribution in [0.25, 0.3) is 0 Å². The van der Waals surface area contributed by atoms with Gasteiger partial charge in [0.2, 0.25) is 5.91 Å². The quantitative estimate of drug-likeness (QED) is 0.850. The summed E-state index contributed by atoms with van der Waals surface area (Å²) in [6.45, 7) is 4.71.